The van der Waals surface area contributed by atoms with Gasteiger partial charge >= 0.3 is 6.09 Å². The molecular formula is C13H17ClN2O2. The van der Waals surface area contributed by atoms with Gasteiger partial charge in [0.1, 0.15) is 6.61 Å². The zero-order valence-corrected chi connectivity index (χ0v) is 10.9. The van der Waals surface area contributed by atoms with Crippen molar-refractivity contribution in [3.8, 4) is 0 Å². The van der Waals surface area contributed by atoms with Crippen LogP contribution < -0.4 is 5.73 Å². The molecular weight excluding hydrogens is 252 g/mol. The number of benzene rings is 1. The predicted molar refractivity (Wildman–Crippen MR) is 70.4 cm³/mol. The Morgan fingerprint density at radius 2 is 1.94 bits per heavy atom. The highest BCUT2D eigenvalue weighted by atomic mass is 35.5. The zero-order valence-electron chi connectivity index (χ0n) is 10.1. The second-order valence-corrected chi connectivity index (χ2v) is 4.94. The summed E-state index contributed by atoms with van der Waals surface area (Å²) in [4.78, 5) is 13.5. The van der Waals surface area contributed by atoms with E-state index in [1.807, 2.05) is 12.1 Å². The van der Waals surface area contributed by atoms with Crippen LogP contribution in [0, 0.1) is 0 Å². The Balaban J connectivity index is 1.79. The first kappa shape index (κ1) is 13.2. The average molecular weight is 269 g/mol. The Bertz CT molecular complexity index is 400. The molecule has 2 rings (SSSR count). The minimum absolute atomic E-state index is 0.213. The van der Waals surface area contributed by atoms with E-state index in [0.29, 0.717) is 18.1 Å². The normalized spacial score (nSPS) is 16.7. The summed E-state index contributed by atoms with van der Waals surface area (Å²) in [6, 6.07) is 7.48. The zero-order chi connectivity index (χ0) is 13.0. The number of rotatable bonds is 2. The van der Waals surface area contributed by atoms with Gasteiger partial charge in [0.15, 0.2) is 0 Å². The Kier molecular flexibility index (Phi) is 4.44. The van der Waals surface area contributed by atoms with Crippen molar-refractivity contribution in [2.45, 2.75) is 25.5 Å². The molecule has 0 saturated carbocycles. The van der Waals surface area contributed by atoms with Gasteiger partial charge < -0.3 is 15.4 Å². The molecule has 1 fully saturated rings. The fourth-order valence-electron chi connectivity index (χ4n) is 1.90. The van der Waals surface area contributed by atoms with Crippen molar-refractivity contribution >= 4 is 17.7 Å². The van der Waals surface area contributed by atoms with Gasteiger partial charge in [-0.05, 0) is 30.5 Å². The van der Waals surface area contributed by atoms with E-state index in [4.69, 9.17) is 22.1 Å². The number of piperidine rings is 1. The number of ether oxygens (including phenoxy) is 1. The molecule has 98 valence electrons. The van der Waals surface area contributed by atoms with Crippen molar-refractivity contribution in [3.05, 3.63) is 34.9 Å². The summed E-state index contributed by atoms with van der Waals surface area (Å²) < 4.78 is 5.25. The van der Waals surface area contributed by atoms with Crippen molar-refractivity contribution in [1.82, 2.24) is 4.90 Å². The first-order valence-electron chi connectivity index (χ1n) is 6.07. The van der Waals surface area contributed by atoms with Crippen LogP contribution in [-0.4, -0.2) is 30.1 Å². The topological polar surface area (TPSA) is 55.6 Å². The van der Waals surface area contributed by atoms with Crippen LogP contribution in [-0.2, 0) is 11.3 Å². The van der Waals surface area contributed by atoms with Crippen LogP contribution in [0.1, 0.15) is 18.4 Å². The second kappa shape index (κ2) is 6.07. The molecule has 0 spiro atoms. The summed E-state index contributed by atoms with van der Waals surface area (Å²) in [5.74, 6) is 0. The van der Waals surface area contributed by atoms with Crippen LogP contribution in [0.3, 0.4) is 0 Å². The van der Waals surface area contributed by atoms with E-state index in [1.54, 1.807) is 17.0 Å². The molecule has 0 atom stereocenters. The highest BCUT2D eigenvalue weighted by Crippen LogP contribution is 2.13. The molecule has 5 heteroatoms. The number of halogens is 1. The number of carbonyl (C=O) groups excluding carboxylic acids is 1. The van der Waals surface area contributed by atoms with Crippen LogP contribution in [0.2, 0.25) is 5.02 Å². The van der Waals surface area contributed by atoms with Crippen molar-refractivity contribution in [2.24, 2.45) is 5.73 Å². The van der Waals surface area contributed by atoms with E-state index in [9.17, 15) is 4.79 Å². The summed E-state index contributed by atoms with van der Waals surface area (Å²) in [5.41, 5.74) is 6.72. The van der Waals surface area contributed by atoms with Gasteiger partial charge in [-0.25, -0.2) is 4.79 Å². The van der Waals surface area contributed by atoms with Crippen LogP contribution in [0.5, 0.6) is 0 Å². The second-order valence-electron chi connectivity index (χ2n) is 4.51. The van der Waals surface area contributed by atoms with E-state index in [0.717, 1.165) is 18.4 Å². The summed E-state index contributed by atoms with van der Waals surface area (Å²) in [6.45, 7) is 1.64. The molecule has 18 heavy (non-hydrogen) atoms. The summed E-state index contributed by atoms with van der Waals surface area (Å²) >= 11 is 5.78. The lowest BCUT2D eigenvalue weighted by molar-refractivity contribution is 0.0873. The maximum Gasteiger partial charge on any atom is 0.410 e. The molecule has 0 radical (unpaired) electrons. The minimum Gasteiger partial charge on any atom is -0.445 e. The molecule has 1 aromatic rings. The van der Waals surface area contributed by atoms with E-state index in [1.165, 1.54) is 0 Å². The lowest BCUT2D eigenvalue weighted by Crippen LogP contribution is -2.43. The third-order valence-electron chi connectivity index (χ3n) is 3.07. The molecule has 1 aromatic carbocycles. The van der Waals surface area contributed by atoms with Crippen molar-refractivity contribution in [2.75, 3.05) is 13.1 Å². The maximum atomic E-state index is 11.8. The van der Waals surface area contributed by atoms with E-state index >= 15 is 0 Å². The minimum atomic E-state index is -0.267. The van der Waals surface area contributed by atoms with Gasteiger partial charge in [-0.2, -0.15) is 0 Å². The van der Waals surface area contributed by atoms with Gasteiger partial charge in [0.05, 0.1) is 0 Å². The molecule has 1 amide bonds. The van der Waals surface area contributed by atoms with Gasteiger partial charge in [0, 0.05) is 24.2 Å². The summed E-state index contributed by atoms with van der Waals surface area (Å²) in [5, 5.41) is 0.676. The van der Waals surface area contributed by atoms with E-state index < -0.39 is 0 Å². The van der Waals surface area contributed by atoms with Crippen molar-refractivity contribution in [3.63, 3.8) is 0 Å². The lowest BCUT2D eigenvalue weighted by atomic mass is 10.1. The van der Waals surface area contributed by atoms with Gasteiger partial charge in [0.2, 0.25) is 0 Å². The molecule has 0 bridgehead atoms. The summed E-state index contributed by atoms with van der Waals surface area (Å²) in [7, 11) is 0. The first-order chi connectivity index (χ1) is 8.65. The van der Waals surface area contributed by atoms with Crippen LogP contribution in [0.25, 0.3) is 0 Å². The van der Waals surface area contributed by atoms with Crippen LogP contribution in [0.15, 0.2) is 24.3 Å². The van der Waals surface area contributed by atoms with Crippen molar-refractivity contribution in [1.29, 1.82) is 0 Å². The molecule has 0 aromatic heterocycles. The molecule has 1 heterocycles. The van der Waals surface area contributed by atoms with Crippen LogP contribution >= 0.6 is 11.6 Å². The molecule has 0 unspecified atom stereocenters. The monoisotopic (exact) mass is 268 g/mol. The number of carbonyl (C=O) groups is 1. The number of hydrogen-bond donors (Lipinski definition) is 1. The molecule has 0 aliphatic carbocycles. The molecule has 1 aliphatic heterocycles. The summed E-state index contributed by atoms with van der Waals surface area (Å²) in [6.07, 6.45) is 1.42. The van der Waals surface area contributed by atoms with Gasteiger partial charge in [-0.15, -0.1) is 0 Å². The number of likely N-dealkylation sites (tertiary alicyclic amines) is 1. The number of hydrogen-bond acceptors (Lipinski definition) is 3. The fourth-order valence-corrected chi connectivity index (χ4v) is 2.03. The Morgan fingerprint density at radius 1 is 1.33 bits per heavy atom. The van der Waals surface area contributed by atoms with E-state index in [2.05, 4.69) is 0 Å². The lowest BCUT2D eigenvalue weighted by Gasteiger charge is -2.29. The van der Waals surface area contributed by atoms with Gasteiger partial charge in [0.25, 0.3) is 0 Å². The third kappa shape index (κ3) is 3.62. The fraction of sp³-hybridized carbons (Fsp3) is 0.462. The highest BCUT2D eigenvalue weighted by Gasteiger charge is 2.21. The third-order valence-corrected chi connectivity index (χ3v) is 3.33. The maximum absolute atomic E-state index is 11.8. The Labute approximate surface area is 112 Å². The number of nitrogens with zero attached hydrogens (tertiary/aromatic N) is 1. The molecule has 4 nitrogen and oxygen atoms in total. The molecule has 2 N–H and O–H groups in total. The van der Waals surface area contributed by atoms with Gasteiger partial charge in [-0.1, -0.05) is 23.7 Å². The predicted octanol–water partition coefficient (Wildman–Crippen LogP) is 2.40. The van der Waals surface area contributed by atoms with E-state index in [-0.39, 0.29) is 18.7 Å². The molecule has 1 aliphatic rings. The standard InChI is InChI=1S/C13H17ClN2O2/c14-11-3-1-10(2-4-11)9-18-13(17)16-7-5-12(15)6-8-16/h1-4,12H,5-9,15H2. The van der Waals surface area contributed by atoms with Crippen LogP contribution in [0.4, 0.5) is 4.79 Å². The highest BCUT2D eigenvalue weighted by molar-refractivity contribution is 6.30. The van der Waals surface area contributed by atoms with Crippen molar-refractivity contribution < 1.29 is 9.53 Å². The number of nitrogens with two attached hydrogens (primary N) is 1. The Hall–Kier alpha value is -1.26. The first-order valence-corrected chi connectivity index (χ1v) is 6.44. The quantitative estimate of drug-likeness (QED) is 0.896. The average Bonchev–Trinajstić information content (AvgIpc) is 2.38. The van der Waals surface area contributed by atoms with Gasteiger partial charge in [-0.3, -0.25) is 0 Å². The molecule has 1 saturated heterocycles. The Morgan fingerprint density at radius 3 is 2.56 bits per heavy atom. The largest absolute Gasteiger partial charge is 0.445 e. The number of amides is 1. The smallest absolute Gasteiger partial charge is 0.410 e. The SMILES string of the molecule is NC1CCN(C(=O)OCc2ccc(Cl)cc2)CC1.